The SMILES string of the molecule is COc1c(C(N)C#N)c(C)nn1C. The van der Waals surface area contributed by atoms with Crippen molar-refractivity contribution in [3.8, 4) is 11.9 Å². The number of methoxy groups -OCH3 is 1. The monoisotopic (exact) mass is 180 g/mol. The molecule has 0 fully saturated rings. The Balaban J connectivity index is 3.26. The molecule has 5 nitrogen and oxygen atoms in total. The molecule has 0 amide bonds. The first-order valence-corrected chi connectivity index (χ1v) is 3.84. The van der Waals surface area contributed by atoms with Gasteiger partial charge in [0, 0.05) is 7.05 Å². The fraction of sp³-hybridized carbons (Fsp3) is 0.500. The lowest BCUT2D eigenvalue weighted by molar-refractivity contribution is 0.368. The molecule has 1 rings (SSSR count). The molecule has 0 saturated carbocycles. The first kappa shape index (κ1) is 9.55. The number of nitriles is 1. The fourth-order valence-corrected chi connectivity index (χ4v) is 1.32. The number of hydrogen-bond acceptors (Lipinski definition) is 4. The van der Waals surface area contributed by atoms with Gasteiger partial charge in [0.2, 0.25) is 5.88 Å². The van der Waals surface area contributed by atoms with Crippen LogP contribution in [0, 0.1) is 18.3 Å². The van der Waals surface area contributed by atoms with E-state index in [1.165, 1.54) is 7.11 Å². The minimum Gasteiger partial charge on any atom is -0.481 e. The molecular weight excluding hydrogens is 168 g/mol. The van der Waals surface area contributed by atoms with Gasteiger partial charge in [-0.3, -0.25) is 0 Å². The van der Waals surface area contributed by atoms with Crippen molar-refractivity contribution in [2.75, 3.05) is 7.11 Å². The van der Waals surface area contributed by atoms with Crippen LogP contribution in [0.2, 0.25) is 0 Å². The molecule has 5 heteroatoms. The summed E-state index contributed by atoms with van der Waals surface area (Å²) < 4.78 is 6.66. The van der Waals surface area contributed by atoms with Crippen LogP contribution < -0.4 is 10.5 Å². The van der Waals surface area contributed by atoms with Crippen molar-refractivity contribution in [3.63, 3.8) is 0 Å². The summed E-state index contributed by atoms with van der Waals surface area (Å²) in [7, 11) is 3.28. The molecule has 1 aromatic rings. The summed E-state index contributed by atoms with van der Waals surface area (Å²) in [4.78, 5) is 0. The van der Waals surface area contributed by atoms with Gasteiger partial charge in [-0.25, -0.2) is 4.68 Å². The Hall–Kier alpha value is -1.54. The predicted molar refractivity (Wildman–Crippen MR) is 47.0 cm³/mol. The van der Waals surface area contributed by atoms with E-state index in [0.29, 0.717) is 11.4 Å². The molecule has 1 heterocycles. The lowest BCUT2D eigenvalue weighted by Gasteiger charge is -2.05. The Kier molecular flexibility index (Phi) is 2.54. The van der Waals surface area contributed by atoms with E-state index in [-0.39, 0.29) is 0 Å². The molecule has 13 heavy (non-hydrogen) atoms. The van der Waals surface area contributed by atoms with Crippen LogP contribution in [0.1, 0.15) is 17.3 Å². The first-order valence-electron chi connectivity index (χ1n) is 3.84. The molecule has 0 saturated heterocycles. The van der Waals surface area contributed by atoms with E-state index in [1.54, 1.807) is 18.7 Å². The van der Waals surface area contributed by atoms with Gasteiger partial charge in [-0.05, 0) is 6.92 Å². The van der Waals surface area contributed by atoms with Crippen LogP contribution >= 0.6 is 0 Å². The molecular formula is C8H12N4O. The van der Waals surface area contributed by atoms with Crippen LogP contribution in [0.5, 0.6) is 5.88 Å². The van der Waals surface area contributed by atoms with Crippen LogP contribution in [0.15, 0.2) is 0 Å². The molecule has 70 valence electrons. The van der Waals surface area contributed by atoms with Gasteiger partial charge in [-0.1, -0.05) is 0 Å². The Morgan fingerprint density at radius 3 is 2.77 bits per heavy atom. The highest BCUT2D eigenvalue weighted by atomic mass is 16.5. The second-order valence-corrected chi connectivity index (χ2v) is 2.74. The number of aromatic nitrogens is 2. The summed E-state index contributed by atoms with van der Waals surface area (Å²) >= 11 is 0. The van der Waals surface area contributed by atoms with Gasteiger partial charge in [-0.15, -0.1) is 0 Å². The number of nitrogens with zero attached hydrogens (tertiary/aromatic N) is 3. The quantitative estimate of drug-likeness (QED) is 0.708. The van der Waals surface area contributed by atoms with Crippen LogP contribution in [0.4, 0.5) is 0 Å². The second kappa shape index (κ2) is 3.46. The topological polar surface area (TPSA) is 76.9 Å². The Bertz CT molecular complexity index is 350. The number of aryl methyl sites for hydroxylation is 2. The van der Waals surface area contributed by atoms with Crippen LogP contribution in [-0.4, -0.2) is 16.9 Å². The third-order valence-corrected chi connectivity index (χ3v) is 1.86. The molecule has 0 aliphatic carbocycles. The maximum absolute atomic E-state index is 8.67. The maximum Gasteiger partial charge on any atom is 0.217 e. The van der Waals surface area contributed by atoms with Gasteiger partial charge >= 0.3 is 0 Å². The highest BCUT2D eigenvalue weighted by Gasteiger charge is 2.19. The van der Waals surface area contributed by atoms with Crippen molar-refractivity contribution >= 4 is 0 Å². The van der Waals surface area contributed by atoms with Crippen molar-refractivity contribution in [2.24, 2.45) is 12.8 Å². The van der Waals surface area contributed by atoms with Crippen molar-refractivity contribution in [1.82, 2.24) is 9.78 Å². The minimum absolute atomic E-state index is 0.548. The zero-order valence-corrected chi connectivity index (χ0v) is 7.90. The Morgan fingerprint density at radius 2 is 2.31 bits per heavy atom. The largest absolute Gasteiger partial charge is 0.481 e. The summed E-state index contributed by atoms with van der Waals surface area (Å²) in [6.45, 7) is 1.80. The van der Waals surface area contributed by atoms with E-state index in [2.05, 4.69) is 5.10 Å². The van der Waals surface area contributed by atoms with E-state index in [0.717, 1.165) is 5.69 Å². The molecule has 0 aliphatic heterocycles. The molecule has 1 aromatic heterocycles. The van der Waals surface area contributed by atoms with Crippen LogP contribution in [0.3, 0.4) is 0 Å². The molecule has 0 bridgehead atoms. The van der Waals surface area contributed by atoms with E-state index in [4.69, 9.17) is 15.7 Å². The Labute approximate surface area is 76.7 Å². The fourth-order valence-electron chi connectivity index (χ4n) is 1.32. The van der Waals surface area contributed by atoms with Gasteiger partial charge in [-0.2, -0.15) is 10.4 Å². The van der Waals surface area contributed by atoms with Gasteiger partial charge in [0.15, 0.2) is 0 Å². The van der Waals surface area contributed by atoms with Crippen molar-refractivity contribution in [1.29, 1.82) is 5.26 Å². The predicted octanol–water partition coefficient (Wildman–Crippen LogP) is 0.260. The zero-order valence-electron chi connectivity index (χ0n) is 7.90. The molecule has 2 N–H and O–H groups in total. The number of nitrogens with two attached hydrogens (primary N) is 1. The van der Waals surface area contributed by atoms with E-state index < -0.39 is 6.04 Å². The summed E-state index contributed by atoms with van der Waals surface area (Å²) in [5, 5.41) is 12.8. The molecule has 0 spiro atoms. The summed E-state index contributed by atoms with van der Waals surface area (Å²) in [5.41, 5.74) is 6.98. The highest BCUT2D eigenvalue weighted by molar-refractivity contribution is 5.36. The van der Waals surface area contributed by atoms with Crippen molar-refractivity contribution in [3.05, 3.63) is 11.3 Å². The normalized spacial score (nSPS) is 12.2. The van der Waals surface area contributed by atoms with Gasteiger partial charge < -0.3 is 10.5 Å². The Morgan fingerprint density at radius 1 is 1.69 bits per heavy atom. The molecule has 0 aliphatic rings. The average Bonchev–Trinajstić information content (AvgIpc) is 2.39. The van der Waals surface area contributed by atoms with Crippen LogP contribution in [-0.2, 0) is 7.05 Å². The third kappa shape index (κ3) is 1.48. The third-order valence-electron chi connectivity index (χ3n) is 1.86. The van der Waals surface area contributed by atoms with Gasteiger partial charge in [0.25, 0.3) is 0 Å². The number of ether oxygens (including phenoxy) is 1. The van der Waals surface area contributed by atoms with E-state index >= 15 is 0 Å². The zero-order chi connectivity index (χ0) is 10.0. The summed E-state index contributed by atoms with van der Waals surface area (Å²) in [6.07, 6.45) is 0. The average molecular weight is 180 g/mol. The smallest absolute Gasteiger partial charge is 0.217 e. The minimum atomic E-state index is -0.677. The maximum atomic E-state index is 8.67. The van der Waals surface area contributed by atoms with Gasteiger partial charge in [0.1, 0.15) is 6.04 Å². The second-order valence-electron chi connectivity index (χ2n) is 2.74. The molecule has 0 aromatic carbocycles. The molecule has 1 atom stereocenters. The van der Waals surface area contributed by atoms with E-state index in [1.807, 2.05) is 6.07 Å². The molecule has 1 unspecified atom stereocenters. The summed E-state index contributed by atoms with van der Waals surface area (Å²) in [6, 6.07) is 1.28. The van der Waals surface area contributed by atoms with Crippen molar-refractivity contribution in [2.45, 2.75) is 13.0 Å². The highest BCUT2D eigenvalue weighted by Crippen LogP contribution is 2.25. The van der Waals surface area contributed by atoms with Gasteiger partial charge in [0.05, 0.1) is 24.4 Å². The number of rotatable bonds is 2. The summed E-state index contributed by atoms with van der Waals surface area (Å²) in [5.74, 6) is 0.548. The van der Waals surface area contributed by atoms with Crippen LogP contribution in [0.25, 0.3) is 0 Å². The lowest BCUT2D eigenvalue weighted by Crippen LogP contribution is -2.09. The lowest BCUT2D eigenvalue weighted by atomic mass is 10.1. The van der Waals surface area contributed by atoms with Crippen molar-refractivity contribution < 1.29 is 4.74 Å². The number of hydrogen-bond donors (Lipinski definition) is 1. The standard InChI is InChI=1S/C8H12N4O/c1-5-7(6(10)4-9)8(13-3)12(2)11-5/h6H,10H2,1-3H3. The molecule has 0 radical (unpaired) electrons. The van der Waals surface area contributed by atoms with E-state index in [9.17, 15) is 0 Å². The first-order chi connectivity index (χ1) is 6.11.